The zero-order valence-electron chi connectivity index (χ0n) is 11.0. The van der Waals surface area contributed by atoms with Crippen molar-refractivity contribution in [3.63, 3.8) is 0 Å². The highest BCUT2D eigenvalue weighted by molar-refractivity contribution is 5.99. The van der Waals surface area contributed by atoms with Gasteiger partial charge in [-0.3, -0.25) is 9.59 Å². The van der Waals surface area contributed by atoms with Gasteiger partial charge in [0.25, 0.3) is 5.91 Å². The first kappa shape index (κ1) is 13.3. The molecular formula is C12H17N5O2. The fraction of sp³-hybridized carbons (Fsp3) is 0.500. The zero-order valence-corrected chi connectivity index (χ0v) is 11.0. The van der Waals surface area contributed by atoms with E-state index in [-0.39, 0.29) is 35.7 Å². The molecule has 7 nitrogen and oxygen atoms in total. The van der Waals surface area contributed by atoms with Crippen LogP contribution in [0.4, 0.5) is 5.69 Å². The van der Waals surface area contributed by atoms with E-state index in [1.165, 1.54) is 11.1 Å². The minimum absolute atomic E-state index is 0.0410. The fourth-order valence-corrected chi connectivity index (χ4v) is 1.82. The number of hydrogen-bond donors (Lipinski definition) is 2. The highest BCUT2D eigenvalue weighted by Gasteiger charge is 2.25. The van der Waals surface area contributed by atoms with Gasteiger partial charge in [-0.2, -0.15) is 0 Å². The molecule has 19 heavy (non-hydrogen) atoms. The van der Waals surface area contributed by atoms with Gasteiger partial charge in [-0.15, -0.1) is 0 Å². The van der Waals surface area contributed by atoms with E-state index in [2.05, 4.69) is 15.3 Å². The maximum absolute atomic E-state index is 12.3. The smallest absolute Gasteiger partial charge is 0.275 e. The number of anilines is 1. The predicted octanol–water partition coefficient (Wildman–Crippen LogP) is -0.246. The second-order valence-electron chi connectivity index (χ2n) is 4.76. The summed E-state index contributed by atoms with van der Waals surface area (Å²) in [4.78, 5) is 33.4. The summed E-state index contributed by atoms with van der Waals surface area (Å²) in [5.74, 6) is 0.184. The molecule has 0 aliphatic carbocycles. The molecule has 0 aromatic carbocycles. The summed E-state index contributed by atoms with van der Waals surface area (Å²) in [6.45, 7) is 4.83. The van der Waals surface area contributed by atoms with E-state index in [1.54, 1.807) is 0 Å². The molecule has 1 aliphatic rings. The van der Waals surface area contributed by atoms with E-state index in [0.29, 0.717) is 18.9 Å². The van der Waals surface area contributed by atoms with E-state index < -0.39 is 0 Å². The van der Waals surface area contributed by atoms with Crippen LogP contribution in [0.5, 0.6) is 0 Å². The number of hydrogen-bond acceptors (Lipinski definition) is 5. The standard InChI is InChI=1S/C12H17N5O2/c1-7(2)11-15-5-8(13)10(16-11)12(19)17-4-3-14-9(18)6-17/h5,7H,3-4,6,13H2,1-2H3,(H,14,18). The number of carbonyl (C=O) groups excluding carboxylic acids is 2. The molecule has 0 radical (unpaired) electrons. The Balaban J connectivity index is 2.27. The molecule has 0 spiro atoms. The van der Waals surface area contributed by atoms with Crippen LogP contribution in [-0.2, 0) is 4.79 Å². The lowest BCUT2D eigenvalue weighted by atomic mass is 10.2. The molecule has 1 fully saturated rings. The van der Waals surface area contributed by atoms with Crippen molar-refractivity contribution < 1.29 is 9.59 Å². The third-order valence-electron chi connectivity index (χ3n) is 2.88. The van der Waals surface area contributed by atoms with Crippen LogP contribution in [0.15, 0.2) is 6.20 Å². The van der Waals surface area contributed by atoms with Gasteiger partial charge < -0.3 is 16.0 Å². The molecule has 1 aliphatic heterocycles. The molecule has 0 saturated carbocycles. The molecule has 0 atom stereocenters. The lowest BCUT2D eigenvalue weighted by Gasteiger charge is -2.26. The molecule has 7 heteroatoms. The van der Waals surface area contributed by atoms with Crippen LogP contribution in [0, 0.1) is 0 Å². The Bertz CT molecular complexity index is 515. The van der Waals surface area contributed by atoms with Crippen molar-refractivity contribution in [2.45, 2.75) is 19.8 Å². The highest BCUT2D eigenvalue weighted by Crippen LogP contribution is 2.15. The van der Waals surface area contributed by atoms with E-state index in [1.807, 2.05) is 13.8 Å². The monoisotopic (exact) mass is 263 g/mol. The van der Waals surface area contributed by atoms with Crippen molar-refractivity contribution in [3.05, 3.63) is 17.7 Å². The summed E-state index contributed by atoms with van der Waals surface area (Å²) >= 11 is 0. The SMILES string of the molecule is CC(C)c1ncc(N)c(C(=O)N2CCNC(=O)C2)n1. The van der Waals surface area contributed by atoms with Crippen LogP contribution in [-0.4, -0.2) is 46.3 Å². The summed E-state index contributed by atoms with van der Waals surface area (Å²) in [6, 6.07) is 0. The molecule has 1 aromatic heterocycles. The second kappa shape index (κ2) is 5.21. The number of nitrogens with zero attached hydrogens (tertiary/aromatic N) is 3. The van der Waals surface area contributed by atoms with Crippen LogP contribution < -0.4 is 11.1 Å². The number of aromatic nitrogens is 2. The minimum atomic E-state index is -0.323. The average Bonchev–Trinajstić information content (AvgIpc) is 2.38. The fourth-order valence-electron chi connectivity index (χ4n) is 1.82. The normalized spacial score (nSPS) is 15.5. The van der Waals surface area contributed by atoms with Crippen molar-refractivity contribution in [3.8, 4) is 0 Å². The Morgan fingerprint density at radius 3 is 2.89 bits per heavy atom. The quantitative estimate of drug-likeness (QED) is 0.766. The summed E-state index contributed by atoms with van der Waals surface area (Å²) in [6.07, 6.45) is 1.44. The molecule has 1 aromatic rings. The van der Waals surface area contributed by atoms with Crippen molar-refractivity contribution in [2.24, 2.45) is 0 Å². The van der Waals surface area contributed by atoms with Gasteiger partial charge >= 0.3 is 0 Å². The van der Waals surface area contributed by atoms with Gasteiger partial charge in [0.05, 0.1) is 18.4 Å². The third-order valence-corrected chi connectivity index (χ3v) is 2.88. The van der Waals surface area contributed by atoms with Gasteiger partial charge in [-0.1, -0.05) is 13.8 Å². The van der Waals surface area contributed by atoms with E-state index in [4.69, 9.17) is 5.73 Å². The Morgan fingerprint density at radius 2 is 2.26 bits per heavy atom. The molecule has 1 saturated heterocycles. The molecule has 2 heterocycles. The average molecular weight is 263 g/mol. The van der Waals surface area contributed by atoms with Gasteiger partial charge in [0.2, 0.25) is 5.91 Å². The highest BCUT2D eigenvalue weighted by atomic mass is 16.2. The van der Waals surface area contributed by atoms with Crippen LogP contribution in [0.1, 0.15) is 36.1 Å². The van der Waals surface area contributed by atoms with Crippen LogP contribution in [0.2, 0.25) is 0 Å². The van der Waals surface area contributed by atoms with Gasteiger partial charge in [0.1, 0.15) is 5.82 Å². The first-order valence-corrected chi connectivity index (χ1v) is 6.17. The van der Waals surface area contributed by atoms with Crippen LogP contribution >= 0.6 is 0 Å². The number of nitrogens with two attached hydrogens (primary N) is 1. The van der Waals surface area contributed by atoms with Crippen LogP contribution in [0.25, 0.3) is 0 Å². The Morgan fingerprint density at radius 1 is 1.53 bits per heavy atom. The van der Waals surface area contributed by atoms with Crippen molar-refractivity contribution in [2.75, 3.05) is 25.4 Å². The number of amides is 2. The number of rotatable bonds is 2. The van der Waals surface area contributed by atoms with Crippen molar-refractivity contribution in [1.82, 2.24) is 20.2 Å². The van der Waals surface area contributed by atoms with Crippen LogP contribution in [0.3, 0.4) is 0 Å². The molecule has 2 amide bonds. The molecule has 3 N–H and O–H groups in total. The first-order chi connectivity index (χ1) is 8.99. The Labute approximate surface area is 111 Å². The predicted molar refractivity (Wildman–Crippen MR) is 69.4 cm³/mol. The largest absolute Gasteiger partial charge is 0.396 e. The van der Waals surface area contributed by atoms with E-state index in [0.717, 1.165) is 0 Å². The topological polar surface area (TPSA) is 101 Å². The number of piperazine rings is 1. The van der Waals surface area contributed by atoms with Gasteiger partial charge in [-0.25, -0.2) is 9.97 Å². The summed E-state index contributed by atoms with van der Waals surface area (Å²) in [5, 5.41) is 2.67. The Hall–Kier alpha value is -2.18. The summed E-state index contributed by atoms with van der Waals surface area (Å²) in [7, 11) is 0. The maximum Gasteiger partial charge on any atom is 0.275 e. The maximum atomic E-state index is 12.3. The molecule has 0 bridgehead atoms. The molecule has 102 valence electrons. The first-order valence-electron chi connectivity index (χ1n) is 6.17. The molecule has 0 unspecified atom stereocenters. The number of nitrogens with one attached hydrogen (secondary N) is 1. The molecular weight excluding hydrogens is 246 g/mol. The Kier molecular flexibility index (Phi) is 3.64. The van der Waals surface area contributed by atoms with Gasteiger partial charge in [0.15, 0.2) is 5.69 Å². The number of nitrogen functional groups attached to an aromatic ring is 1. The van der Waals surface area contributed by atoms with E-state index >= 15 is 0 Å². The van der Waals surface area contributed by atoms with Gasteiger partial charge in [0, 0.05) is 19.0 Å². The van der Waals surface area contributed by atoms with Crippen molar-refractivity contribution >= 4 is 17.5 Å². The number of carbonyl (C=O) groups is 2. The third kappa shape index (κ3) is 2.81. The molecule has 2 rings (SSSR count). The lowest BCUT2D eigenvalue weighted by Crippen LogP contribution is -2.50. The minimum Gasteiger partial charge on any atom is -0.396 e. The summed E-state index contributed by atoms with van der Waals surface area (Å²) in [5.41, 5.74) is 6.17. The van der Waals surface area contributed by atoms with Crippen molar-refractivity contribution in [1.29, 1.82) is 0 Å². The van der Waals surface area contributed by atoms with E-state index in [9.17, 15) is 9.59 Å². The van der Waals surface area contributed by atoms with Gasteiger partial charge in [-0.05, 0) is 0 Å². The second-order valence-corrected chi connectivity index (χ2v) is 4.76. The summed E-state index contributed by atoms with van der Waals surface area (Å²) < 4.78 is 0. The zero-order chi connectivity index (χ0) is 14.0. The lowest BCUT2D eigenvalue weighted by molar-refractivity contribution is -0.123.